The number of benzene rings is 1. The van der Waals surface area contributed by atoms with Crippen molar-refractivity contribution in [3.05, 3.63) is 77.3 Å². The summed E-state index contributed by atoms with van der Waals surface area (Å²) in [6.07, 6.45) is 3.83. The molecule has 2 atom stereocenters. The summed E-state index contributed by atoms with van der Waals surface area (Å²) in [5.74, 6) is 0.618. The molecule has 8 heteroatoms. The minimum Gasteiger partial charge on any atom is -0.490 e. The highest BCUT2D eigenvalue weighted by Crippen LogP contribution is 2.42. The molecule has 3 aromatic rings. The number of halogens is 1. The van der Waals surface area contributed by atoms with Gasteiger partial charge in [0, 0.05) is 37.9 Å². The molecule has 30 heavy (non-hydrogen) atoms. The van der Waals surface area contributed by atoms with E-state index in [-0.39, 0.29) is 12.1 Å². The monoisotopic (exact) mass is 442 g/mol. The molecule has 4 rings (SSSR count). The van der Waals surface area contributed by atoms with Crippen LogP contribution in [0.25, 0.3) is 0 Å². The fraction of sp³-hybridized carbons (Fsp3) is 0.273. The van der Waals surface area contributed by atoms with Crippen molar-refractivity contribution in [1.82, 2.24) is 14.9 Å². The zero-order valence-electron chi connectivity index (χ0n) is 16.8. The van der Waals surface area contributed by atoms with E-state index in [4.69, 9.17) is 33.3 Å². The van der Waals surface area contributed by atoms with Gasteiger partial charge in [-0.05, 0) is 54.7 Å². The summed E-state index contributed by atoms with van der Waals surface area (Å²) in [6, 6.07) is 15.6. The molecule has 1 fully saturated rings. The van der Waals surface area contributed by atoms with Gasteiger partial charge >= 0.3 is 0 Å². The number of anilines is 1. The van der Waals surface area contributed by atoms with Crippen LogP contribution in [0.15, 0.2) is 60.9 Å². The Bertz CT molecular complexity index is 1030. The molecule has 0 saturated carbocycles. The number of thiocarbonyl (C=S) groups is 1. The van der Waals surface area contributed by atoms with E-state index in [2.05, 4.69) is 25.8 Å². The Morgan fingerprint density at radius 2 is 2.03 bits per heavy atom. The molecule has 1 aromatic carbocycles. The van der Waals surface area contributed by atoms with Crippen molar-refractivity contribution in [3.8, 4) is 5.75 Å². The van der Waals surface area contributed by atoms with Gasteiger partial charge in [0.05, 0.1) is 23.4 Å². The van der Waals surface area contributed by atoms with Gasteiger partial charge in [-0.1, -0.05) is 17.7 Å². The molecule has 1 aliphatic rings. The lowest BCUT2D eigenvalue weighted by atomic mass is 10.0. The summed E-state index contributed by atoms with van der Waals surface area (Å²) in [7, 11) is 3.67. The molecule has 0 bridgehead atoms. The lowest BCUT2D eigenvalue weighted by Crippen LogP contribution is -2.30. The number of methoxy groups -OCH3 is 1. The first-order valence-corrected chi connectivity index (χ1v) is 10.4. The Hall–Kier alpha value is -2.61. The third-order valence-corrected chi connectivity index (χ3v) is 5.73. The van der Waals surface area contributed by atoms with Gasteiger partial charge in [-0.15, -0.1) is 0 Å². The van der Waals surface area contributed by atoms with Gasteiger partial charge in [-0.25, -0.2) is 0 Å². The molecule has 0 radical (unpaired) electrons. The fourth-order valence-corrected chi connectivity index (χ4v) is 4.28. The predicted octanol–water partition coefficient (Wildman–Crippen LogP) is 4.28. The summed E-state index contributed by atoms with van der Waals surface area (Å²) in [5.41, 5.74) is 2.94. The van der Waals surface area contributed by atoms with Crippen molar-refractivity contribution in [2.75, 3.05) is 25.2 Å². The average Bonchev–Trinajstić information content (AvgIpc) is 3.32. The summed E-state index contributed by atoms with van der Waals surface area (Å²) >= 11 is 12.3. The van der Waals surface area contributed by atoms with Crippen LogP contribution in [0.4, 0.5) is 5.69 Å². The van der Waals surface area contributed by atoms with Crippen LogP contribution in [0.1, 0.15) is 23.5 Å². The number of hydrogen-bond acceptors (Lipinski definition) is 4. The first-order valence-electron chi connectivity index (χ1n) is 9.63. The van der Waals surface area contributed by atoms with E-state index in [1.807, 2.05) is 55.7 Å². The molecule has 3 heterocycles. The van der Waals surface area contributed by atoms with E-state index in [9.17, 15) is 0 Å². The zero-order valence-corrected chi connectivity index (χ0v) is 18.4. The minimum atomic E-state index is -0.0938. The van der Waals surface area contributed by atoms with Crippen LogP contribution in [0.2, 0.25) is 5.02 Å². The maximum Gasteiger partial charge on any atom is 0.174 e. The number of ether oxygens (including phenoxy) is 2. The van der Waals surface area contributed by atoms with Crippen molar-refractivity contribution < 1.29 is 9.47 Å². The Labute approximate surface area is 186 Å². The molecular formula is C22H23ClN4O2S. The molecular weight excluding hydrogens is 420 g/mol. The second-order valence-electron chi connectivity index (χ2n) is 7.00. The lowest BCUT2D eigenvalue weighted by molar-refractivity contribution is 0.146. The Morgan fingerprint density at radius 3 is 2.70 bits per heavy atom. The number of pyridine rings is 1. The van der Waals surface area contributed by atoms with Crippen LogP contribution < -0.4 is 15.0 Å². The molecule has 1 N–H and O–H groups in total. The molecule has 2 unspecified atom stereocenters. The fourth-order valence-electron chi connectivity index (χ4n) is 3.71. The van der Waals surface area contributed by atoms with Gasteiger partial charge in [0.2, 0.25) is 0 Å². The molecule has 6 nitrogen and oxygen atoms in total. The summed E-state index contributed by atoms with van der Waals surface area (Å²) in [5, 5.41) is 4.60. The number of nitrogens with one attached hydrogen (secondary N) is 1. The van der Waals surface area contributed by atoms with Gasteiger partial charge < -0.3 is 24.3 Å². The molecule has 0 aliphatic carbocycles. The Morgan fingerprint density at radius 1 is 1.17 bits per heavy atom. The highest BCUT2D eigenvalue weighted by Gasteiger charge is 2.41. The van der Waals surface area contributed by atoms with Crippen LogP contribution >= 0.6 is 23.8 Å². The van der Waals surface area contributed by atoms with Crippen molar-refractivity contribution in [1.29, 1.82) is 0 Å². The van der Waals surface area contributed by atoms with Gasteiger partial charge in [0.1, 0.15) is 18.4 Å². The second-order valence-corrected chi connectivity index (χ2v) is 7.79. The second kappa shape index (κ2) is 9.04. The highest BCUT2D eigenvalue weighted by atomic mass is 35.5. The van der Waals surface area contributed by atoms with E-state index >= 15 is 0 Å². The normalized spacial score (nSPS) is 18.5. The third kappa shape index (κ3) is 4.01. The summed E-state index contributed by atoms with van der Waals surface area (Å²) in [4.78, 5) is 6.66. The molecule has 0 amide bonds. The largest absolute Gasteiger partial charge is 0.490 e. The van der Waals surface area contributed by atoms with Gasteiger partial charge in [0.25, 0.3) is 0 Å². The van der Waals surface area contributed by atoms with Crippen LogP contribution in [0.5, 0.6) is 5.75 Å². The van der Waals surface area contributed by atoms with Crippen LogP contribution in [0.3, 0.4) is 0 Å². The smallest absolute Gasteiger partial charge is 0.174 e. The highest BCUT2D eigenvalue weighted by molar-refractivity contribution is 7.80. The molecule has 156 valence electrons. The van der Waals surface area contributed by atoms with Crippen molar-refractivity contribution in [2.24, 2.45) is 7.05 Å². The van der Waals surface area contributed by atoms with Gasteiger partial charge in [-0.2, -0.15) is 0 Å². The van der Waals surface area contributed by atoms with E-state index in [1.54, 1.807) is 13.3 Å². The van der Waals surface area contributed by atoms with Crippen molar-refractivity contribution in [2.45, 2.75) is 12.1 Å². The number of nitrogens with zero attached hydrogens (tertiary/aromatic N) is 3. The molecule has 1 saturated heterocycles. The average molecular weight is 443 g/mol. The lowest BCUT2D eigenvalue weighted by Gasteiger charge is -2.28. The maximum absolute atomic E-state index is 6.52. The van der Waals surface area contributed by atoms with E-state index in [1.165, 1.54) is 0 Å². The number of aromatic nitrogens is 2. The first-order chi connectivity index (χ1) is 14.6. The quantitative estimate of drug-likeness (QED) is 0.435. The number of rotatable bonds is 7. The van der Waals surface area contributed by atoms with E-state index in [0.29, 0.717) is 29.1 Å². The summed E-state index contributed by atoms with van der Waals surface area (Å²) in [6.45, 7) is 0.937. The topological polar surface area (TPSA) is 51.6 Å². The zero-order chi connectivity index (χ0) is 21.1. The number of aryl methyl sites for hydroxylation is 1. The maximum atomic E-state index is 6.52. The summed E-state index contributed by atoms with van der Waals surface area (Å²) < 4.78 is 12.8. The van der Waals surface area contributed by atoms with Crippen molar-refractivity contribution >= 4 is 34.6 Å². The first kappa shape index (κ1) is 20.7. The van der Waals surface area contributed by atoms with Gasteiger partial charge in [-0.3, -0.25) is 4.98 Å². The molecule has 2 aromatic heterocycles. The van der Waals surface area contributed by atoms with Gasteiger partial charge in [0.15, 0.2) is 5.11 Å². The van der Waals surface area contributed by atoms with E-state index in [0.717, 1.165) is 17.1 Å². The standard InChI is InChI=1S/C22H23ClN4O2S/c1-26-11-5-7-18(26)21-20(17-6-3-4-10-24-17)25-22(30)27(21)15-8-9-19(16(23)14-15)29-13-12-28-2/h3-11,14,20-21H,12-13H2,1-2H3,(H,25,30). The molecule has 0 spiro atoms. The third-order valence-electron chi connectivity index (χ3n) is 5.12. The SMILES string of the molecule is COCCOc1ccc(N2C(=S)NC(c3ccccn3)C2c2cccn2C)cc1Cl. The Kier molecular flexibility index (Phi) is 6.22. The van der Waals surface area contributed by atoms with Crippen LogP contribution in [-0.4, -0.2) is 35.0 Å². The Balaban J connectivity index is 1.71. The predicted molar refractivity (Wildman–Crippen MR) is 122 cm³/mol. The van der Waals surface area contributed by atoms with Crippen LogP contribution in [-0.2, 0) is 11.8 Å². The minimum absolute atomic E-state index is 0.0799. The van der Waals surface area contributed by atoms with E-state index < -0.39 is 0 Å². The number of hydrogen-bond donors (Lipinski definition) is 1. The van der Waals surface area contributed by atoms with Crippen LogP contribution in [0, 0.1) is 0 Å². The van der Waals surface area contributed by atoms with Crippen molar-refractivity contribution in [3.63, 3.8) is 0 Å². The molecule has 1 aliphatic heterocycles.